The molecule has 0 radical (unpaired) electrons. The highest BCUT2D eigenvalue weighted by Crippen LogP contribution is 2.19. The molecule has 19 heavy (non-hydrogen) atoms. The van der Waals surface area contributed by atoms with E-state index in [-0.39, 0.29) is 5.91 Å². The van der Waals surface area contributed by atoms with E-state index >= 15 is 0 Å². The summed E-state index contributed by atoms with van der Waals surface area (Å²) >= 11 is 9.30. The standard InChI is InChI=1S/C15H13BrClNO/c1-10-5-12(16)9-14(6-10)18-15(19)8-11-3-2-4-13(17)7-11/h2-7,9H,8H2,1H3,(H,18,19). The first kappa shape index (κ1) is 14.1. The van der Waals surface area contributed by atoms with E-state index in [1.165, 1.54) is 0 Å². The van der Waals surface area contributed by atoms with Crippen molar-refractivity contribution in [2.75, 3.05) is 5.32 Å². The molecule has 0 aromatic heterocycles. The number of rotatable bonds is 3. The Morgan fingerprint density at radius 1 is 1.26 bits per heavy atom. The van der Waals surface area contributed by atoms with Gasteiger partial charge in [0.1, 0.15) is 0 Å². The van der Waals surface area contributed by atoms with Crippen LogP contribution in [-0.4, -0.2) is 5.91 Å². The zero-order chi connectivity index (χ0) is 13.8. The van der Waals surface area contributed by atoms with Crippen LogP contribution < -0.4 is 5.32 Å². The molecule has 98 valence electrons. The van der Waals surface area contributed by atoms with Crippen molar-refractivity contribution in [2.24, 2.45) is 0 Å². The molecule has 0 saturated heterocycles. The van der Waals surface area contributed by atoms with Crippen molar-refractivity contribution in [3.05, 3.63) is 63.1 Å². The number of hydrogen-bond acceptors (Lipinski definition) is 1. The number of carbonyl (C=O) groups is 1. The third-order valence-corrected chi connectivity index (χ3v) is 3.27. The highest BCUT2D eigenvalue weighted by molar-refractivity contribution is 9.10. The maximum atomic E-state index is 11.9. The van der Waals surface area contributed by atoms with Crippen molar-refractivity contribution in [1.82, 2.24) is 0 Å². The summed E-state index contributed by atoms with van der Waals surface area (Å²) in [6.07, 6.45) is 0.312. The van der Waals surface area contributed by atoms with Crippen molar-refractivity contribution in [2.45, 2.75) is 13.3 Å². The van der Waals surface area contributed by atoms with Crippen LogP contribution in [0.15, 0.2) is 46.9 Å². The lowest BCUT2D eigenvalue weighted by molar-refractivity contribution is -0.115. The smallest absolute Gasteiger partial charge is 0.228 e. The fourth-order valence-corrected chi connectivity index (χ4v) is 2.67. The minimum Gasteiger partial charge on any atom is -0.326 e. The number of carbonyl (C=O) groups excluding carboxylic acids is 1. The van der Waals surface area contributed by atoms with E-state index in [0.717, 1.165) is 21.3 Å². The Kier molecular flexibility index (Phi) is 4.61. The van der Waals surface area contributed by atoms with E-state index in [0.29, 0.717) is 11.4 Å². The molecule has 2 aromatic carbocycles. The lowest BCUT2D eigenvalue weighted by Gasteiger charge is -2.07. The number of hydrogen-bond donors (Lipinski definition) is 1. The molecule has 0 spiro atoms. The second-order valence-corrected chi connectivity index (χ2v) is 5.72. The molecule has 0 heterocycles. The fourth-order valence-electron chi connectivity index (χ4n) is 1.85. The maximum absolute atomic E-state index is 11.9. The van der Waals surface area contributed by atoms with Crippen molar-refractivity contribution in [1.29, 1.82) is 0 Å². The first-order chi connectivity index (χ1) is 9.02. The highest BCUT2D eigenvalue weighted by Gasteiger charge is 2.05. The normalized spacial score (nSPS) is 10.3. The molecule has 1 amide bonds. The second-order valence-electron chi connectivity index (χ2n) is 4.37. The van der Waals surface area contributed by atoms with Crippen LogP contribution in [0, 0.1) is 6.92 Å². The average molecular weight is 339 g/mol. The van der Waals surface area contributed by atoms with Gasteiger partial charge in [-0.3, -0.25) is 4.79 Å². The van der Waals surface area contributed by atoms with E-state index < -0.39 is 0 Å². The van der Waals surface area contributed by atoms with Crippen molar-refractivity contribution in [3.63, 3.8) is 0 Å². The topological polar surface area (TPSA) is 29.1 Å². The van der Waals surface area contributed by atoms with E-state index in [1.54, 1.807) is 12.1 Å². The third-order valence-electron chi connectivity index (χ3n) is 2.58. The van der Waals surface area contributed by atoms with E-state index in [2.05, 4.69) is 21.2 Å². The molecule has 2 rings (SSSR count). The summed E-state index contributed by atoms with van der Waals surface area (Å²) in [5.41, 5.74) is 2.78. The Morgan fingerprint density at radius 3 is 2.74 bits per heavy atom. The van der Waals surface area contributed by atoms with Crippen LogP contribution in [0.5, 0.6) is 0 Å². The summed E-state index contributed by atoms with van der Waals surface area (Å²) in [7, 11) is 0. The van der Waals surface area contributed by atoms with Gasteiger partial charge >= 0.3 is 0 Å². The van der Waals surface area contributed by atoms with Crippen LogP contribution in [0.4, 0.5) is 5.69 Å². The largest absolute Gasteiger partial charge is 0.326 e. The molecule has 0 fully saturated rings. The Morgan fingerprint density at radius 2 is 2.05 bits per heavy atom. The van der Waals surface area contributed by atoms with Crippen molar-refractivity contribution >= 4 is 39.1 Å². The van der Waals surface area contributed by atoms with E-state index in [1.807, 2.05) is 37.3 Å². The van der Waals surface area contributed by atoms with Gasteiger partial charge in [-0.15, -0.1) is 0 Å². The summed E-state index contributed by atoms with van der Waals surface area (Å²) in [6, 6.07) is 13.1. The molecule has 0 bridgehead atoms. The number of anilines is 1. The fraction of sp³-hybridized carbons (Fsp3) is 0.133. The van der Waals surface area contributed by atoms with E-state index in [9.17, 15) is 4.79 Å². The molecule has 1 N–H and O–H groups in total. The van der Waals surface area contributed by atoms with E-state index in [4.69, 9.17) is 11.6 Å². The van der Waals surface area contributed by atoms with Crippen LogP contribution >= 0.6 is 27.5 Å². The predicted octanol–water partition coefficient (Wildman–Crippen LogP) is 4.59. The van der Waals surface area contributed by atoms with Gasteiger partial charge in [-0.25, -0.2) is 0 Å². The van der Waals surface area contributed by atoms with Gasteiger partial charge in [-0.2, -0.15) is 0 Å². The molecule has 2 aromatic rings. The quantitative estimate of drug-likeness (QED) is 0.871. The second kappa shape index (κ2) is 6.22. The Bertz CT molecular complexity index is 593. The van der Waals surface area contributed by atoms with Crippen LogP contribution in [0.1, 0.15) is 11.1 Å². The predicted molar refractivity (Wildman–Crippen MR) is 82.7 cm³/mol. The first-order valence-corrected chi connectivity index (χ1v) is 7.01. The van der Waals surface area contributed by atoms with Crippen molar-refractivity contribution < 1.29 is 4.79 Å². The number of nitrogens with one attached hydrogen (secondary N) is 1. The number of aryl methyl sites for hydroxylation is 1. The zero-order valence-corrected chi connectivity index (χ0v) is 12.8. The number of halogens is 2. The summed E-state index contributed by atoms with van der Waals surface area (Å²) in [4.78, 5) is 11.9. The molecule has 0 aliphatic heterocycles. The Balaban J connectivity index is 2.05. The molecular formula is C15H13BrClNO. The Hall–Kier alpha value is -1.32. The average Bonchev–Trinajstić information content (AvgIpc) is 2.26. The van der Waals surface area contributed by atoms with Crippen LogP contribution in [0.3, 0.4) is 0 Å². The molecule has 0 saturated carbocycles. The summed E-state index contributed by atoms with van der Waals surface area (Å²) in [6.45, 7) is 1.98. The van der Waals surface area contributed by atoms with Gasteiger partial charge in [0.15, 0.2) is 0 Å². The first-order valence-electron chi connectivity index (χ1n) is 5.84. The van der Waals surface area contributed by atoms with Gasteiger partial charge in [0.25, 0.3) is 0 Å². The highest BCUT2D eigenvalue weighted by atomic mass is 79.9. The van der Waals surface area contributed by atoms with Crippen molar-refractivity contribution in [3.8, 4) is 0 Å². The van der Waals surface area contributed by atoms with Gasteiger partial charge in [0, 0.05) is 15.2 Å². The molecule has 2 nitrogen and oxygen atoms in total. The molecular weight excluding hydrogens is 326 g/mol. The molecule has 0 atom stereocenters. The summed E-state index contributed by atoms with van der Waals surface area (Å²) in [5, 5.41) is 3.52. The number of amides is 1. The minimum atomic E-state index is -0.0558. The molecule has 0 aliphatic rings. The lowest BCUT2D eigenvalue weighted by atomic mass is 10.1. The van der Waals surface area contributed by atoms with Gasteiger partial charge in [0.05, 0.1) is 6.42 Å². The van der Waals surface area contributed by atoms with Gasteiger partial charge in [0.2, 0.25) is 5.91 Å². The third kappa shape index (κ3) is 4.37. The molecule has 4 heteroatoms. The zero-order valence-electron chi connectivity index (χ0n) is 10.4. The lowest BCUT2D eigenvalue weighted by Crippen LogP contribution is -2.14. The molecule has 0 aliphatic carbocycles. The van der Waals surface area contributed by atoms with Gasteiger partial charge in [-0.05, 0) is 48.4 Å². The van der Waals surface area contributed by atoms with Gasteiger partial charge in [-0.1, -0.05) is 39.7 Å². The van der Waals surface area contributed by atoms with Crippen LogP contribution in [0.25, 0.3) is 0 Å². The monoisotopic (exact) mass is 337 g/mol. The van der Waals surface area contributed by atoms with Crippen LogP contribution in [0.2, 0.25) is 5.02 Å². The summed E-state index contributed by atoms with van der Waals surface area (Å²) in [5.74, 6) is -0.0558. The Labute approximate surface area is 125 Å². The van der Waals surface area contributed by atoms with Gasteiger partial charge < -0.3 is 5.32 Å². The maximum Gasteiger partial charge on any atom is 0.228 e. The minimum absolute atomic E-state index is 0.0558. The van der Waals surface area contributed by atoms with Crippen LogP contribution in [-0.2, 0) is 11.2 Å². The summed E-state index contributed by atoms with van der Waals surface area (Å²) < 4.78 is 0.950. The number of benzene rings is 2. The SMILES string of the molecule is Cc1cc(Br)cc(NC(=O)Cc2cccc(Cl)c2)c1. The molecule has 0 unspecified atom stereocenters.